The van der Waals surface area contributed by atoms with Crippen LogP contribution >= 0.6 is 39.8 Å². The molecule has 322 valence electrons. The Morgan fingerprint density at radius 2 is 0.966 bits per heavy atom. The van der Waals surface area contributed by atoms with Gasteiger partial charge in [-0.25, -0.2) is 19.2 Å². The van der Waals surface area contributed by atoms with Gasteiger partial charge in [0.1, 0.15) is 13.2 Å². The minimum absolute atomic E-state index is 0. The standard InChI is InChI=1S/C18H15P.C8H12O2.C7H9BrO2.C4H5BrO2.C4H8O2.C4H6O2.BrH/c1-4-10-16(11-5-1)19(17-12-6-2-7-13-17)18-14-8-3-9-15-18;1-3-5-6-8(9)10-7-4-2;1-2-6-10-7(9)4-3-5-8;5-3-1-2-4(6)7;1-3-6-4(2)5;1-2-3-4(5)6;/h1-15H;4-6H,2-3,7H2,1H3;2-4H,1,5-6H2;1-2H,3H2,(H,6,7);3H2,1-2H3;2-3H,1H3,(H,5,6);1H/p-1/b;6-5+;4-3+;2-1+;;3-2+;. The SMILES string of the molecule is C/C=C/C(=O)O.C=CCOC(=O)/C=C/CBr.C=CCOC(=O)/C=C/CC.CCOC(C)=O.O=C(O)/C=C/CBr.[Br-].c1ccc(P(c2ccccc2)c2ccccc2)cc1. The van der Waals surface area contributed by atoms with Crippen molar-refractivity contribution in [2.24, 2.45) is 0 Å². The van der Waals surface area contributed by atoms with Gasteiger partial charge in [-0.15, -0.1) is 0 Å². The molecule has 0 aromatic heterocycles. The summed E-state index contributed by atoms with van der Waals surface area (Å²) >= 11 is 6.16. The van der Waals surface area contributed by atoms with Crippen molar-refractivity contribution in [3.05, 3.63) is 165 Å². The molecule has 0 fully saturated rings. The lowest BCUT2D eigenvalue weighted by atomic mass is 10.4. The number of carbonyl (C=O) groups excluding carboxylic acids is 3. The molecule has 59 heavy (non-hydrogen) atoms. The first-order valence-corrected chi connectivity index (χ1v) is 21.3. The maximum atomic E-state index is 10.6. The largest absolute Gasteiger partial charge is 1.00 e. The van der Waals surface area contributed by atoms with Crippen LogP contribution in [0.3, 0.4) is 0 Å². The van der Waals surface area contributed by atoms with Gasteiger partial charge in [0.15, 0.2) is 0 Å². The summed E-state index contributed by atoms with van der Waals surface area (Å²) in [6, 6.07) is 32.3. The van der Waals surface area contributed by atoms with Crippen molar-refractivity contribution < 1.29 is 65.4 Å². The molecule has 3 aromatic carbocycles. The Hall–Kier alpha value is -4.68. The lowest BCUT2D eigenvalue weighted by Gasteiger charge is -2.18. The summed E-state index contributed by atoms with van der Waals surface area (Å²) in [5.74, 6) is -2.64. The second-order valence-corrected chi connectivity index (χ2v) is 13.7. The molecule has 3 aromatic rings. The van der Waals surface area contributed by atoms with Gasteiger partial charge in [0.2, 0.25) is 0 Å². The van der Waals surface area contributed by atoms with E-state index in [1.807, 2.05) is 6.92 Å². The van der Waals surface area contributed by atoms with Crippen LogP contribution in [0.2, 0.25) is 0 Å². The fourth-order valence-electron chi connectivity index (χ4n) is 3.40. The van der Waals surface area contributed by atoms with Crippen LogP contribution in [0.25, 0.3) is 0 Å². The van der Waals surface area contributed by atoms with E-state index in [0.717, 1.165) is 18.6 Å². The van der Waals surface area contributed by atoms with Crippen LogP contribution in [0.5, 0.6) is 0 Å². The normalized spacial score (nSPS) is 9.61. The van der Waals surface area contributed by atoms with Crippen LogP contribution in [0.15, 0.2) is 165 Å². The van der Waals surface area contributed by atoms with Crippen molar-refractivity contribution in [1.29, 1.82) is 0 Å². The molecule has 0 atom stereocenters. The van der Waals surface area contributed by atoms with E-state index >= 15 is 0 Å². The molecule has 0 heterocycles. The Kier molecular flexibility index (Phi) is 47.6. The number of ether oxygens (including phenoxy) is 3. The number of halogens is 3. The number of hydrogen-bond donors (Lipinski definition) is 2. The number of alkyl halides is 2. The van der Waals surface area contributed by atoms with E-state index in [0.29, 0.717) is 17.3 Å². The van der Waals surface area contributed by atoms with Crippen molar-refractivity contribution in [2.75, 3.05) is 30.5 Å². The Morgan fingerprint density at radius 3 is 1.19 bits per heavy atom. The van der Waals surface area contributed by atoms with Gasteiger partial charge in [-0.05, 0) is 44.1 Å². The number of carboxylic acid groups (broad SMARTS) is 2. The van der Waals surface area contributed by atoms with Gasteiger partial charge in [0.05, 0.1) is 6.61 Å². The third-order valence-electron chi connectivity index (χ3n) is 5.57. The Balaban J connectivity index is -0.000000329. The van der Waals surface area contributed by atoms with Gasteiger partial charge < -0.3 is 41.4 Å². The molecule has 0 spiro atoms. The fourth-order valence-corrected chi connectivity index (χ4v) is 6.08. The molecule has 0 saturated carbocycles. The average molecular weight is 1030 g/mol. The van der Waals surface area contributed by atoms with Crippen molar-refractivity contribution in [3.63, 3.8) is 0 Å². The van der Waals surface area contributed by atoms with Crippen molar-refractivity contribution in [1.82, 2.24) is 0 Å². The minimum atomic E-state index is -0.903. The Labute approximate surface area is 378 Å². The topological polar surface area (TPSA) is 154 Å². The second-order valence-electron chi connectivity index (χ2n) is 10.2. The highest BCUT2D eigenvalue weighted by Crippen LogP contribution is 2.32. The molecule has 0 unspecified atom stereocenters. The second kappa shape index (κ2) is 46.0. The smallest absolute Gasteiger partial charge is 0.330 e. The molecule has 0 radical (unpaired) electrons. The van der Waals surface area contributed by atoms with Crippen LogP contribution in [0, 0.1) is 0 Å². The van der Waals surface area contributed by atoms with Gasteiger partial charge in [-0.3, -0.25) is 4.79 Å². The first-order valence-electron chi connectivity index (χ1n) is 17.7. The van der Waals surface area contributed by atoms with Crippen molar-refractivity contribution >= 4 is 85.5 Å². The molecule has 10 nitrogen and oxygen atoms in total. The summed E-state index contributed by atoms with van der Waals surface area (Å²) in [5.41, 5.74) is 0. The van der Waals surface area contributed by atoms with Crippen LogP contribution < -0.4 is 32.9 Å². The number of aliphatic carboxylic acids is 2. The minimum Gasteiger partial charge on any atom is -1.00 e. The maximum absolute atomic E-state index is 10.6. The molecule has 0 aliphatic carbocycles. The molecule has 3 rings (SSSR count). The summed E-state index contributed by atoms with van der Waals surface area (Å²) in [7, 11) is -0.446. The quantitative estimate of drug-likeness (QED) is 0.0461. The molecule has 14 heteroatoms. The summed E-state index contributed by atoms with van der Waals surface area (Å²) in [5, 5.41) is 21.2. The van der Waals surface area contributed by atoms with E-state index in [2.05, 4.69) is 150 Å². The number of carbonyl (C=O) groups is 5. The summed E-state index contributed by atoms with van der Waals surface area (Å²) in [6.45, 7) is 14.6. The molecule has 0 saturated heterocycles. The first kappa shape index (κ1) is 61.0. The van der Waals surface area contributed by atoms with Gasteiger partial charge in [-0.2, -0.15) is 0 Å². The predicted octanol–water partition coefficient (Wildman–Crippen LogP) is 6.04. The van der Waals surface area contributed by atoms with Gasteiger partial charge in [-0.1, -0.05) is 179 Å². The average Bonchev–Trinajstić information content (AvgIpc) is 3.22. The van der Waals surface area contributed by atoms with Crippen LogP contribution in [-0.2, 0) is 38.2 Å². The van der Waals surface area contributed by atoms with Crippen molar-refractivity contribution in [2.45, 2.75) is 34.1 Å². The monoisotopic (exact) mass is 1020 g/mol. The lowest BCUT2D eigenvalue weighted by molar-refractivity contribution is -0.140. The number of benzene rings is 3. The molecule has 0 bridgehead atoms. The summed E-state index contributed by atoms with van der Waals surface area (Å²) in [4.78, 5) is 50.2. The molecule has 0 amide bonds. The zero-order chi connectivity index (χ0) is 44.2. The third kappa shape index (κ3) is 42.7. The number of hydrogen-bond acceptors (Lipinski definition) is 8. The third-order valence-corrected chi connectivity index (χ3v) is 8.76. The van der Waals surface area contributed by atoms with Gasteiger partial charge in [0, 0.05) is 41.9 Å². The molecular weight excluding hydrogens is 971 g/mol. The zero-order valence-corrected chi connectivity index (χ0v) is 39.5. The predicted molar refractivity (Wildman–Crippen MR) is 245 cm³/mol. The molecule has 0 aliphatic heterocycles. The van der Waals surface area contributed by atoms with Crippen LogP contribution in [0.1, 0.15) is 34.1 Å². The van der Waals surface area contributed by atoms with Crippen molar-refractivity contribution in [3.8, 4) is 0 Å². The van der Waals surface area contributed by atoms with E-state index < -0.39 is 19.9 Å². The number of esters is 3. The summed E-state index contributed by atoms with van der Waals surface area (Å²) < 4.78 is 13.7. The highest BCUT2D eigenvalue weighted by Gasteiger charge is 2.15. The van der Waals surface area contributed by atoms with E-state index in [-0.39, 0.29) is 48.1 Å². The van der Waals surface area contributed by atoms with Gasteiger partial charge >= 0.3 is 29.8 Å². The van der Waals surface area contributed by atoms with E-state index in [4.69, 9.17) is 10.2 Å². The van der Waals surface area contributed by atoms with E-state index in [1.54, 1.807) is 26.0 Å². The highest BCUT2D eigenvalue weighted by molar-refractivity contribution is 9.09. The lowest BCUT2D eigenvalue weighted by Crippen LogP contribution is -3.00. The molecular formula is C45H55Br3O10P-. The van der Waals surface area contributed by atoms with Crippen LogP contribution in [0.4, 0.5) is 0 Å². The van der Waals surface area contributed by atoms with Crippen LogP contribution in [-0.4, -0.2) is 70.5 Å². The van der Waals surface area contributed by atoms with E-state index in [1.165, 1.54) is 59.3 Å². The van der Waals surface area contributed by atoms with Gasteiger partial charge in [0.25, 0.3) is 0 Å². The zero-order valence-electron chi connectivity index (χ0n) is 33.8. The fraction of sp³-hybridized carbons (Fsp3) is 0.222. The Bertz CT molecular complexity index is 1540. The number of rotatable bonds is 15. The molecule has 2 N–H and O–H groups in total. The summed E-state index contributed by atoms with van der Waals surface area (Å²) in [6.07, 6.45) is 15.3. The maximum Gasteiger partial charge on any atom is 0.330 e. The highest BCUT2D eigenvalue weighted by atomic mass is 79.9. The number of allylic oxidation sites excluding steroid dienone is 4. The molecule has 0 aliphatic rings. The Morgan fingerprint density at radius 1 is 0.610 bits per heavy atom. The van der Waals surface area contributed by atoms with E-state index in [9.17, 15) is 24.0 Å². The number of carboxylic acids is 2. The first-order chi connectivity index (χ1) is 27.9.